The molecule has 3 aromatic heterocycles. The van der Waals surface area contributed by atoms with Gasteiger partial charge in [-0.1, -0.05) is 30.6 Å². The summed E-state index contributed by atoms with van der Waals surface area (Å²) < 4.78 is 10.4. The smallest absolute Gasteiger partial charge is 0.509 e. The van der Waals surface area contributed by atoms with Gasteiger partial charge in [-0.25, -0.2) is 4.98 Å². The molecule has 8 heteroatoms. The Kier molecular flexibility index (Phi) is 8.96. The molecule has 5 nitrogen and oxygen atoms in total. The molecule has 0 aliphatic rings. The van der Waals surface area contributed by atoms with Crippen molar-refractivity contribution in [2.75, 3.05) is 12.5 Å². The van der Waals surface area contributed by atoms with E-state index in [1.54, 1.807) is 23.5 Å². The molecule has 0 aliphatic carbocycles. The number of fused-ring (bicyclic) bond motifs is 3. The zero-order chi connectivity index (χ0) is 30.4. The minimum absolute atomic E-state index is 0. The number of para-hydroxylation sites is 1. The number of benzene rings is 4. The number of ether oxygens (including phenoxy) is 1. The van der Waals surface area contributed by atoms with Crippen molar-refractivity contribution in [1.82, 2.24) is 19.3 Å². The van der Waals surface area contributed by atoms with Crippen LogP contribution in [0.3, 0.4) is 0 Å². The van der Waals surface area contributed by atoms with E-state index in [1.165, 1.54) is 20.9 Å². The van der Waals surface area contributed by atoms with Crippen LogP contribution in [0.4, 0.5) is 0 Å². The summed E-state index contributed by atoms with van der Waals surface area (Å²) in [5.41, 5.74) is 8.56. The van der Waals surface area contributed by atoms with Gasteiger partial charge in [-0.3, -0.25) is 4.68 Å². The molecule has 0 spiro atoms. The minimum atomic E-state index is 0. The largest absolute Gasteiger partial charge is 2.00 e. The van der Waals surface area contributed by atoms with Crippen LogP contribution in [-0.4, -0.2) is 31.8 Å². The van der Waals surface area contributed by atoms with Crippen LogP contribution in [0.5, 0.6) is 11.5 Å². The standard InChI is InChI=1S/C37H30N4OS2.Pt/c1-23-12-13-38-36(18-23)41-32-9-7-6-8-30(32)31-11-10-28(20-33(31)41)42-29-15-24(2)14-27(19-29)40-22-26(21-39-40)37-34(43-4)16-25(3)17-35(37)44-5;/h6-18,21-22H,1-5H3;/q-2;+2. The van der Waals surface area contributed by atoms with Crippen molar-refractivity contribution in [3.8, 4) is 34.1 Å². The molecular weight excluding hydrogens is 776 g/mol. The predicted molar refractivity (Wildman–Crippen MR) is 183 cm³/mol. The quantitative estimate of drug-likeness (QED) is 0.119. The summed E-state index contributed by atoms with van der Waals surface area (Å²) in [5.74, 6) is 2.07. The third-order valence-electron chi connectivity index (χ3n) is 7.65. The van der Waals surface area contributed by atoms with Gasteiger partial charge in [-0.05, 0) is 78.9 Å². The molecule has 0 atom stereocenters. The van der Waals surface area contributed by atoms with E-state index >= 15 is 0 Å². The number of aromatic nitrogens is 4. The van der Waals surface area contributed by atoms with Crippen molar-refractivity contribution in [1.29, 1.82) is 0 Å². The molecule has 0 unspecified atom stereocenters. The molecule has 0 bridgehead atoms. The Morgan fingerprint density at radius 2 is 1.51 bits per heavy atom. The van der Waals surface area contributed by atoms with Crippen molar-refractivity contribution in [2.45, 2.75) is 30.6 Å². The van der Waals surface area contributed by atoms with Gasteiger partial charge in [0.1, 0.15) is 5.82 Å². The first-order valence-corrected chi connectivity index (χ1v) is 16.7. The number of aryl methyl sites for hydroxylation is 3. The van der Waals surface area contributed by atoms with Crippen molar-refractivity contribution < 1.29 is 25.8 Å². The second-order valence-corrected chi connectivity index (χ2v) is 12.6. The molecule has 0 aliphatic heterocycles. The summed E-state index contributed by atoms with van der Waals surface area (Å²) in [4.78, 5) is 7.18. The average Bonchev–Trinajstić information content (AvgIpc) is 3.63. The zero-order valence-corrected chi connectivity index (χ0v) is 29.4. The number of nitrogens with zero attached hydrogens (tertiary/aromatic N) is 4. The van der Waals surface area contributed by atoms with Crippen LogP contribution in [0.1, 0.15) is 16.7 Å². The maximum atomic E-state index is 6.43. The molecule has 0 saturated heterocycles. The Labute approximate surface area is 286 Å². The van der Waals surface area contributed by atoms with Crippen molar-refractivity contribution in [3.05, 3.63) is 120 Å². The van der Waals surface area contributed by atoms with Crippen LogP contribution in [0.2, 0.25) is 0 Å². The van der Waals surface area contributed by atoms with Gasteiger partial charge in [0.05, 0.1) is 6.20 Å². The Balaban J connectivity index is 0.00000357. The van der Waals surface area contributed by atoms with Gasteiger partial charge < -0.3 is 9.30 Å². The van der Waals surface area contributed by atoms with Crippen LogP contribution in [0.15, 0.2) is 101 Å². The first kappa shape index (κ1) is 31.2. The van der Waals surface area contributed by atoms with E-state index in [0.717, 1.165) is 50.0 Å². The van der Waals surface area contributed by atoms with E-state index in [-0.39, 0.29) is 21.1 Å². The fourth-order valence-electron chi connectivity index (χ4n) is 5.68. The van der Waals surface area contributed by atoms with Crippen molar-refractivity contribution in [3.63, 3.8) is 0 Å². The van der Waals surface area contributed by atoms with Gasteiger partial charge in [0.2, 0.25) is 0 Å². The molecule has 0 N–H and O–H groups in total. The molecular formula is C37H30N4OPtS2. The molecule has 0 saturated carbocycles. The summed E-state index contributed by atoms with van der Waals surface area (Å²) in [7, 11) is 0. The van der Waals surface area contributed by atoms with Crippen molar-refractivity contribution >= 4 is 45.3 Å². The van der Waals surface area contributed by atoms with Crippen LogP contribution in [0, 0.1) is 32.9 Å². The summed E-state index contributed by atoms with van der Waals surface area (Å²) in [6.45, 7) is 6.28. The van der Waals surface area contributed by atoms with Gasteiger partial charge in [0, 0.05) is 50.3 Å². The van der Waals surface area contributed by atoms with E-state index < -0.39 is 0 Å². The Bertz CT molecular complexity index is 2160. The summed E-state index contributed by atoms with van der Waals surface area (Å²) >= 11 is 3.52. The molecule has 45 heavy (non-hydrogen) atoms. The van der Waals surface area contributed by atoms with Crippen LogP contribution in [0.25, 0.3) is 44.4 Å². The normalized spacial score (nSPS) is 11.2. The van der Waals surface area contributed by atoms with Crippen LogP contribution < -0.4 is 4.74 Å². The van der Waals surface area contributed by atoms with E-state index in [1.807, 2.05) is 35.3 Å². The monoisotopic (exact) mass is 805 g/mol. The molecule has 0 fully saturated rings. The minimum Gasteiger partial charge on any atom is -0.509 e. The number of hydrogen-bond acceptors (Lipinski definition) is 5. The summed E-state index contributed by atoms with van der Waals surface area (Å²) in [6.07, 6.45) is 10.1. The van der Waals surface area contributed by atoms with E-state index in [2.05, 4.69) is 116 Å². The van der Waals surface area contributed by atoms with Gasteiger partial charge in [-0.2, -0.15) is 16.7 Å². The Morgan fingerprint density at radius 3 is 2.27 bits per heavy atom. The summed E-state index contributed by atoms with van der Waals surface area (Å²) in [5, 5.41) is 6.98. The fourth-order valence-corrected chi connectivity index (χ4v) is 7.22. The number of rotatable bonds is 7. The van der Waals surface area contributed by atoms with Crippen LogP contribution in [-0.2, 0) is 21.1 Å². The third-order valence-corrected chi connectivity index (χ3v) is 9.17. The molecule has 4 aromatic carbocycles. The van der Waals surface area contributed by atoms with Gasteiger partial charge in [0.15, 0.2) is 0 Å². The van der Waals surface area contributed by atoms with Crippen molar-refractivity contribution in [2.24, 2.45) is 0 Å². The van der Waals surface area contributed by atoms with E-state index in [4.69, 9.17) is 9.84 Å². The summed E-state index contributed by atoms with van der Waals surface area (Å²) in [6, 6.07) is 32.0. The molecule has 226 valence electrons. The number of pyridine rings is 1. The molecule has 7 rings (SSSR count). The Morgan fingerprint density at radius 1 is 0.756 bits per heavy atom. The molecule has 0 amide bonds. The second kappa shape index (κ2) is 12.9. The number of thioether (sulfide) groups is 2. The maximum absolute atomic E-state index is 6.43. The first-order valence-electron chi connectivity index (χ1n) is 14.3. The molecule has 7 aromatic rings. The number of hydrogen-bond donors (Lipinski definition) is 0. The van der Waals surface area contributed by atoms with E-state index in [9.17, 15) is 0 Å². The molecule has 3 heterocycles. The molecule has 0 radical (unpaired) electrons. The first-order chi connectivity index (χ1) is 21.4. The maximum Gasteiger partial charge on any atom is 2.00 e. The van der Waals surface area contributed by atoms with E-state index in [0.29, 0.717) is 11.5 Å². The topological polar surface area (TPSA) is 44.9 Å². The fraction of sp³-hybridized carbons (Fsp3) is 0.135. The van der Waals surface area contributed by atoms with Gasteiger partial charge >= 0.3 is 21.1 Å². The van der Waals surface area contributed by atoms with Gasteiger partial charge in [-0.15, -0.1) is 59.2 Å². The zero-order valence-electron chi connectivity index (χ0n) is 25.5. The SMILES string of the molecule is CSc1cc(C)cc(SC)c1-c1cnn(-c2[c-]c(Oc3[c-]c4c(cc3)c3ccccc3n4-c3cc(C)ccn3)cc(C)c2)c1.[Pt+2]. The van der Waals surface area contributed by atoms with Gasteiger partial charge in [0.25, 0.3) is 0 Å². The average molecular weight is 806 g/mol. The third kappa shape index (κ3) is 5.97. The second-order valence-electron chi connectivity index (χ2n) is 10.9. The Hall–Kier alpha value is -3.77. The van der Waals surface area contributed by atoms with Crippen LogP contribution >= 0.6 is 23.5 Å². The predicted octanol–water partition coefficient (Wildman–Crippen LogP) is 9.79.